The zero-order chi connectivity index (χ0) is 21.4. The molecule has 1 amide bonds. The summed E-state index contributed by atoms with van der Waals surface area (Å²) in [6.45, 7) is 0.648. The van der Waals surface area contributed by atoms with E-state index in [1.165, 1.54) is 26.4 Å². The Hall–Kier alpha value is -3.11. The van der Waals surface area contributed by atoms with E-state index in [1.807, 2.05) is 6.92 Å². The molecule has 2 N–H and O–H groups in total. The van der Waals surface area contributed by atoms with Gasteiger partial charge in [0.25, 0.3) is 5.91 Å². The minimum absolute atomic E-state index is 0.0283. The van der Waals surface area contributed by atoms with Gasteiger partial charge in [-0.3, -0.25) is 9.59 Å². The molecule has 0 aliphatic carbocycles. The maximum absolute atomic E-state index is 12.1. The zero-order valence-electron chi connectivity index (χ0n) is 16.2. The van der Waals surface area contributed by atoms with Gasteiger partial charge in [0.2, 0.25) is 10.0 Å². The maximum Gasteiger partial charge on any atom is 0.321 e. The Morgan fingerprint density at radius 3 is 2.10 bits per heavy atom. The van der Waals surface area contributed by atoms with Crippen LogP contribution in [-0.2, 0) is 24.3 Å². The third-order valence-electron chi connectivity index (χ3n) is 3.74. The van der Waals surface area contributed by atoms with E-state index in [2.05, 4.69) is 10.0 Å². The first-order chi connectivity index (χ1) is 13.7. The molecule has 0 unspecified atom stereocenters. The highest BCUT2D eigenvalue weighted by molar-refractivity contribution is 7.89. The number of nitrogens with one attached hydrogen (secondary N) is 2. The number of hydrogen-bond acceptors (Lipinski definition) is 7. The fourth-order valence-corrected chi connectivity index (χ4v) is 3.20. The number of sulfonamides is 1. The molecule has 0 aliphatic rings. The fraction of sp³-hybridized carbons (Fsp3) is 0.263. The van der Waals surface area contributed by atoms with Crippen LogP contribution in [0.2, 0.25) is 0 Å². The highest BCUT2D eigenvalue weighted by atomic mass is 32.2. The smallest absolute Gasteiger partial charge is 0.321 e. The van der Waals surface area contributed by atoms with E-state index in [0.717, 1.165) is 5.56 Å². The molecule has 29 heavy (non-hydrogen) atoms. The van der Waals surface area contributed by atoms with Crippen LogP contribution in [0.15, 0.2) is 47.4 Å². The summed E-state index contributed by atoms with van der Waals surface area (Å²) in [5, 5.41) is 2.54. The van der Waals surface area contributed by atoms with Crippen molar-refractivity contribution in [3.8, 4) is 11.5 Å². The monoisotopic (exact) mass is 422 g/mol. The minimum Gasteiger partial charge on any atom is -0.497 e. The van der Waals surface area contributed by atoms with Crippen molar-refractivity contribution < 1.29 is 32.2 Å². The molecule has 0 fully saturated rings. The zero-order valence-corrected chi connectivity index (χ0v) is 17.0. The van der Waals surface area contributed by atoms with Crippen molar-refractivity contribution in [1.82, 2.24) is 4.72 Å². The molecular formula is C19H22N2O7S. The fourth-order valence-electron chi connectivity index (χ4n) is 2.23. The van der Waals surface area contributed by atoms with E-state index in [0.29, 0.717) is 17.2 Å². The lowest BCUT2D eigenvalue weighted by Gasteiger charge is -2.10. The summed E-state index contributed by atoms with van der Waals surface area (Å²) < 4.78 is 41.4. The van der Waals surface area contributed by atoms with Gasteiger partial charge in [-0.1, -0.05) is 17.7 Å². The Kier molecular flexibility index (Phi) is 7.57. The van der Waals surface area contributed by atoms with Crippen LogP contribution >= 0.6 is 0 Å². The lowest BCUT2D eigenvalue weighted by atomic mass is 10.2. The quantitative estimate of drug-likeness (QED) is 0.587. The molecular weight excluding hydrogens is 400 g/mol. The summed E-state index contributed by atoms with van der Waals surface area (Å²) in [5.74, 6) is -0.543. The predicted molar refractivity (Wildman–Crippen MR) is 106 cm³/mol. The van der Waals surface area contributed by atoms with Gasteiger partial charge >= 0.3 is 5.97 Å². The lowest BCUT2D eigenvalue weighted by Crippen LogP contribution is -2.32. The second-order valence-corrected chi connectivity index (χ2v) is 7.71. The molecule has 0 radical (unpaired) electrons. The Morgan fingerprint density at radius 1 is 0.966 bits per heavy atom. The molecule has 9 nitrogen and oxygen atoms in total. The molecule has 0 spiro atoms. The molecule has 0 aliphatic heterocycles. The number of carbonyl (C=O) groups excluding carboxylic acids is 2. The number of hydrogen-bond donors (Lipinski definition) is 2. The van der Waals surface area contributed by atoms with Gasteiger partial charge in [0.05, 0.1) is 19.1 Å². The van der Waals surface area contributed by atoms with E-state index < -0.39 is 35.1 Å². The number of esters is 1. The molecule has 0 aromatic heterocycles. The van der Waals surface area contributed by atoms with E-state index in [4.69, 9.17) is 14.2 Å². The van der Waals surface area contributed by atoms with Gasteiger partial charge < -0.3 is 19.5 Å². The van der Waals surface area contributed by atoms with Gasteiger partial charge in [-0.15, -0.1) is 0 Å². The topological polar surface area (TPSA) is 120 Å². The molecule has 2 aromatic carbocycles. The molecule has 0 saturated carbocycles. The largest absolute Gasteiger partial charge is 0.497 e. The summed E-state index contributed by atoms with van der Waals surface area (Å²) in [4.78, 5) is 23.8. The Bertz CT molecular complexity index is 950. The molecule has 0 bridgehead atoms. The molecule has 156 valence electrons. The first kappa shape index (κ1) is 22.2. The SMILES string of the molecule is COc1cc(NC(=O)COC(=O)CNS(=O)(=O)c2ccc(C)cc2)cc(OC)c1. The van der Waals surface area contributed by atoms with Gasteiger partial charge in [0.15, 0.2) is 6.61 Å². The average Bonchev–Trinajstić information content (AvgIpc) is 2.70. The van der Waals surface area contributed by atoms with Crippen molar-refractivity contribution in [2.45, 2.75) is 11.8 Å². The molecule has 2 rings (SSSR count). The number of anilines is 1. The minimum atomic E-state index is -3.85. The predicted octanol–water partition coefficient (Wildman–Crippen LogP) is 1.47. The third kappa shape index (κ3) is 6.77. The van der Waals surface area contributed by atoms with Crippen LogP contribution in [-0.4, -0.2) is 47.7 Å². The van der Waals surface area contributed by atoms with Crippen molar-refractivity contribution in [2.75, 3.05) is 32.7 Å². The van der Waals surface area contributed by atoms with Crippen molar-refractivity contribution in [3.05, 3.63) is 48.0 Å². The summed E-state index contributed by atoms with van der Waals surface area (Å²) in [7, 11) is -0.910. The normalized spacial score (nSPS) is 10.9. The van der Waals surface area contributed by atoms with Crippen LogP contribution in [0.3, 0.4) is 0 Å². The van der Waals surface area contributed by atoms with E-state index in [1.54, 1.807) is 30.3 Å². The van der Waals surface area contributed by atoms with E-state index in [-0.39, 0.29) is 4.90 Å². The van der Waals surface area contributed by atoms with Crippen LogP contribution in [0.25, 0.3) is 0 Å². The highest BCUT2D eigenvalue weighted by Crippen LogP contribution is 2.25. The third-order valence-corrected chi connectivity index (χ3v) is 5.15. The molecule has 0 heterocycles. The molecule has 0 atom stereocenters. The lowest BCUT2D eigenvalue weighted by molar-refractivity contribution is -0.146. The van der Waals surface area contributed by atoms with Gasteiger partial charge in [-0.25, -0.2) is 8.42 Å². The number of carbonyl (C=O) groups is 2. The first-order valence-electron chi connectivity index (χ1n) is 8.48. The molecule has 0 saturated heterocycles. The maximum atomic E-state index is 12.1. The van der Waals surface area contributed by atoms with Crippen molar-refractivity contribution in [2.24, 2.45) is 0 Å². The molecule has 10 heteroatoms. The Labute approximate surface area is 169 Å². The number of benzene rings is 2. The van der Waals surface area contributed by atoms with Crippen molar-refractivity contribution >= 4 is 27.6 Å². The number of aryl methyl sites for hydroxylation is 1. The van der Waals surface area contributed by atoms with Crippen molar-refractivity contribution in [1.29, 1.82) is 0 Å². The Balaban J connectivity index is 1.84. The molecule has 2 aromatic rings. The van der Waals surface area contributed by atoms with Gasteiger partial charge in [-0.2, -0.15) is 4.72 Å². The van der Waals surface area contributed by atoms with Crippen LogP contribution in [0.1, 0.15) is 5.56 Å². The Morgan fingerprint density at radius 2 is 1.55 bits per heavy atom. The standard InChI is InChI=1S/C19H22N2O7S/c1-13-4-6-17(7-5-13)29(24,25)20-11-19(23)28-12-18(22)21-14-8-15(26-2)10-16(9-14)27-3/h4-10,20H,11-12H2,1-3H3,(H,21,22). The summed E-state index contributed by atoms with van der Waals surface area (Å²) >= 11 is 0. The number of ether oxygens (including phenoxy) is 3. The number of methoxy groups -OCH3 is 2. The van der Waals surface area contributed by atoms with Gasteiger partial charge in [0, 0.05) is 23.9 Å². The van der Waals surface area contributed by atoms with Crippen LogP contribution in [0.4, 0.5) is 5.69 Å². The highest BCUT2D eigenvalue weighted by Gasteiger charge is 2.16. The number of rotatable bonds is 9. The van der Waals surface area contributed by atoms with Crippen LogP contribution < -0.4 is 19.5 Å². The van der Waals surface area contributed by atoms with E-state index in [9.17, 15) is 18.0 Å². The number of amides is 1. The van der Waals surface area contributed by atoms with Gasteiger partial charge in [-0.05, 0) is 19.1 Å². The summed E-state index contributed by atoms with van der Waals surface area (Å²) in [6, 6.07) is 10.9. The second-order valence-electron chi connectivity index (χ2n) is 5.95. The van der Waals surface area contributed by atoms with Crippen LogP contribution in [0, 0.1) is 6.92 Å². The second kappa shape index (κ2) is 9.89. The van der Waals surface area contributed by atoms with Gasteiger partial charge in [0.1, 0.15) is 18.0 Å². The van der Waals surface area contributed by atoms with Crippen molar-refractivity contribution in [3.63, 3.8) is 0 Å². The average molecular weight is 422 g/mol. The first-order valence-corrected chi connectivity index (χ1v) is 9.96. The summed E-state index contributed by atoms with van der Waals surface area (Å²) in [5.41, 5.74) is 1.30. The van der Waals surface area contributed by atoms with E-state index >= 15 is 0 Å². The van der Waals surface area contributed by atoms with Crippen LogP contribution in [0.5, 0.6) is 11.5 Å². The summed E-state index contributed by atoms with van der Waals surface area (Å²) in [6.07, 6.45) is 0.